The van der Waals surface area contributed by atoms with Crippen LogP contribution in [0.5, 0.6) is 17.4 Å². The van der Waals surface area contributed by atoms with Gasteiger partial charge in [0.05, 0.1) is 4.92 Å². The molecule has 0 bridgehead atoms. The number of alkyl halides is 3. The van der Waals surface area contributed by atoms with Crippen molar-refractivity contribution in [3.8, 4) is 17.4 Å². The minimum atomic E-state index is -4.86. The minimum absolute atomic E-state index is 0.0153. The molecule has 0 spiro atoms. The van der Waals surface area contributed by atoms with E-state index in [1.165, 1.54) is 0 Å². The molecule has 3 rings (SSSR count). The van der Waals surface area contributed by atoms with Gasteiger partial charge in [0.15, 0.2) is 11.8 Å². The molecule has 0 saturated carbocycles. The normalized spacial score (nSPS) is 15.6. The Hall–Kier alpha value is -3.48. The SMILES string of the molecule is O=COC(CC1CCNCC1)c1ncnc(Oc2ccc(OC(F)(F)F)cc2)c1[N+](=O)[O-]. The summed E-state index contributed by atoms with van der Waals surface area (Å²) in [6, 6.07) is 4.26. The van der Waals surface area contributed by atoms with Crippen LogP contribution in [-0.2, 0) is 9.53 Å². The molecule has 2 aromatic rings. The molecule has 32 heavy (non-hydrogen) atoms. The molecule has 1 unspecified atom stereocenters. The van der Waals surface area contributed by atoms with Gasteiger partial charge in [-0.3, -0.25) is 14.9 Å². The average Bonchev–Trinajstić information content (AvgIpc) is 2.74. The van der Waals surface area contributed by atoms with E-state index in [0.717, 1.165) is 56.5 Å². The molecular formula is C19H19F3N4O6. The molecule has 0 aliphatic carbocycles. The first kappa shape index (κ1) is 23.2. The van der Waals surface area contributed by atoms with Crippen molar-refractivity contribution in [2.75, 3.05) is 13.1 Å². The molecule has 1 atom stereocenters. The summed E-state index contributed by atoms with van der Waals surface area (Å²) in [6.45, 7) is 1.77. The van der Waals surface area contributed by atoms with Gasteiger partial charge in [-0.05, 0) is 62.5 Å². The summed E-state index contributed by atoms with van der Waals surface area (Å²) in [5.41, 5.74) is -0.716. The molecule has 1 saturated heterocycles. The van der Waals surface area contributed by atoms with Gasteiger partial charge in [0.2, 0.25) is 0 Å². The summed E-state index contributed by atoms with van der Waals surface area (Å²) in [5, 5.41) is 15.0. The Bertz CT molecular complexity index is 936. The molecule has 172 valence electrons. The van der Waals surface area contributed by atoms with Crippen LogP contribution < -0.4 is 14.8 Å². The van der Waals surface area contributed by atoms with Gasteiger partial charge in [-0.25, -0.2) is 4.98 Å². The lowest BCUT2D eigenvalue weighted by molar-refractivity contribution is -0.387. The number of halogens is 3. The van der Waals surface area contributed by atoms with Crippen LogP contribution in [0.4, 0.5) is 18.9 Å². The van der Waals surface area contributed by atoms with Crippen LogP contribution in [0.25, 0.3) is 0 Å². The van der Waals surface area contributed by atoms with Crippen molar-refractivity contribution in [3.05, 3.63) is 46.4 Å². The summed E-state index contributed by atoms with van der Waals surface area (Å²) < 4.78 is 51.2. The Balaban J connectivity index is 1.86. The lowest BCUT2D eigenvalue weighted by Gasteiger charge is -2.25. The molecule has 10 nitrogen and oxygen atoms in total. The molecule has 1 aliphatic heterocycles. The number of hydrogen-bond acceptors (Lipinski definition) is 9. The maximum atomic E-state index is 12.3. The van der Waals surface area contributed by atoms with Crippen LogP contribution in [0.15, 0.2) is 30.6 Å². The van der Waals surface area contributed by atoms with E-state index < -0.39 is 34.7 Å². The van der Waals surface area contributed by atoms with Gasteiger partial charge < -0.3 is 19.5 Å². The molecule has 1 N–H and O–H groups in total. The Kier molecular flexibility index (Phi) is 7.41. The third-order valence-corrected chi connectivity index (χ3v) is 4.80. The molecular weight excluding hydrogens is 437 g/mol. The van der Waals surface area contributed by atoms with Gasteiger partial charge in [0.1, 0.15) is 17.8 Å². The highest BCUT2D eigenvalue weighted by Crippen LogP contribution is 2.38. The fraction of sp³-hybridized carbons (Fsp3) is 0.421. The van der Waals surface area contributed by atoms with Crippen LogP contribution in [0.2, 0.25) is 0 Å². The smallest absolute Gasteiger partial charge is 0.458 e. The summed E-state index contributed by atoms with van der Waals surface area (Å²) in [6.07, 6.45) is -2.85. The van der Waals surface area contributed by atoms with Gasteiger partial charge in [0, 0.05) is 0 Å². The van der Waals surface area contributed by atoms with Gasteiger partial charge in [-0.2, -0.15) is 4.98 Å². The van der Waals surface area contributed by atoms with Crippen molar-refractivity contribution in [2.24, 2.45) is 5.92 Å². The van der Waals surface area contributed by atoms with Crippen molar-refractivity contribution in [1.82, 2.24) is 15.3 Å². The molecule has 13 heteroatoms. The number of benzene rings is 1. The van der Waals surface area contributed by atoms with E-state index in [-0.39, 0.29) is 23.8 Å². The topological polar surface area (TPSA) is 126 Å². The lowest BCUT2D eigenvalue weighted by atomic mass is 9.90. The quantitative estimate of drug-likeness (QED) is 0.342. The second-order valence-corrected chi connectivity index (χ2v) is 6.94. The van der Waals surface area contributed by atoms with Gasteiger partial charge in [-0.1, -0.05) is 0 Å². The number of hydrogen-bond donors (Lipinski definition) is 1. The predicted molar refractivity (Wildman–Crippen MR) is 102 cm³/mol. The second kappa shape index (κ2) is 10.2. The number of piperidine rings is 1. The number of ether oxygens (including phenoxy) is 3. The maximum absolute atomic E-state index is 12.3. The molecule has 0 amide bonds. The minimum Gasteiger partial charge on any atom is -0.458 e. The third-order valence-electron chi connectivity index (χ3n) is 4.80. The first-order chi connectivity index (χ1) is 15.3. The number of carbonyl (C=O) groups excluding carboxylic acids is 1. The molecule has 1 aromatic heterocycles. The Labute approximate surface area is 179 Å². The zero-order chi connectivity index (χ0) is 23.1. The highest BCUT2D eigenvalue weighted by Gasteiger charge is 2.34. The van der Waals surface area contributed by atoms with Crippen molar-refractivity contribution in [2.45, 2.75) is 31.7 Å². The predicted octanol–water partition coefficient (Wildman–Crippen LogP) is 3.68. The number of nitrogens with zero attached hydrogens (tertiary/aromatic N) is 3. The number of nitrogens with one attached hydrogen (secondary N) is 1. The fourth-order valence-corrected chi connectivity index (χ4v) is 3.40. The van der Waals surface area contributed by atoms with Crippen molar-refractivity contribution in [1.29, 1.82) is 0 Å². The van der Waals surface area contributed by atoms with E-state index in [4.69, 9.17) is 9.47 Å². The Morgan fingerprint density at radius 3 is 2.44 bits per heavy atom. The number of carbonyl (C=O) groups is 1. The zero-order valence-electron chi connectivity index (χ0n) is 16.6. The summed E-state index contributed by atoms with van der Waals surface area (Å²) in [5.74, 6) is -0.766. The monoisotopic (exact) mass is 456 g/mol. The van der Waals surface area contributed by atoms with Gasteiger partial charge in [0.25, 0.3) is 6.47 Å². The number of rotatable bonds is 9. The molecule has 0 radical (unpaired) electrons. The van der Waals surface area contributed by atoms with E-state index in [1.807, 2.05) is 0 Å². The maximum Gasteiger partial charge on any atom is 0.573 e. The third kappa shape index (κ3) is 6.26. The van der Waals surface area contributed by atoms with Crippen molar-refractivity contribution < 1.29 is 37.1 Å². The second-order valence-electron chi connectivity index (χ2n) is 6.94. The molecule has 1 aliphatic rings. The fourth-order valence-electron chi connectivity index (χ4n) is 3.40. The van der Waals surface area contributed by atoms with Crippen LogP contribution in [0.1, 0.15) is 31.1 Å². The average molecular weight is 456 g/mol. The van der Waals surface area contributed by atoms with E-state index in [0.29, 0.717) is 6.42 Å². The summed E-state index contributed by atoms with van der Waals surface area (Å²) >= 11 is 0. The van der Waals surface area contributed by atoms with E-state index >= 15 is 0 Å². The largest absolute Gasteiger partial charge is 0.573 e. The number of nitro groups is 1. The Morgan fingerprint density at radius 1 is 1.19 bits per heavy atom. The van der Waals surface area contributed by atoms with E-state index in [1.54, 1.807) is 0 Å². The number of aromatic nitrogens is 2. The van der Waals surface area contributed by atoms with Crippen molar-refractivity contribution in [3.63, 3.8) is 0 Å². The Morgan fingerprint density at radius 2 is 1.84 bits per heavy atom. The van der Waals surface area contributed by atoms with Crippen molar-refractivity contribution >= 4 is 12.2 Å². The van der Waals surface area contributed by atoms with Gasteiger partial charge >= 0.3 is 17.9 Å². The summed E-state index contributed by atoms with van der Waals surface area (Å²) in [4.78, 5) is 29.8. The zero-order valence-corrected chi connectivity index (χ0v) is 16.6. The standard InChI is InChI=1S/C19H19F3N4O6/c20-19(21,22)32-14-3-1-13(2-4-14)31-18-17(26(28)29)16(24-10-25-18)15(30-11-27)9-12-5-7-23-8-6-12/h1-4,10-12,15,23H,5-9H2. The molecule has 2 heterocycles. The molecule has 1 aromatic carbocycles. The van der Waals surface area contributed by atoms with E-state index in [9.17, 15) is 28.1 Å². The van der Waals surface area contributed by atoms with Gasteiger partial charge in [-0.15, -0.1) is 13.2 Å². The van der Waals surface area contributed by atoms with Crippen LogP contribution in [-0.4, -0.2) is 40.8 Å². The summed E-state index contributed by atoms with van der Waals surface area (Å²) in [7, 11) is 0. The lowest BCUT2D eigenvalue weighted by Crippen LogP contribution is -2.29. The van der Waals surface area contributed by atoms with Crippen LogP contribution in [0, 0.1) is 16.0 Å². The van der Waals surface area contributed by atoms with E-state index in [2.05, 4.69) is 20.0 Å². The van der Waals surface area contributed by atoms with Crippen LogP contribution in [0.3, 0.4) is 0 Å². The van der Waals surface area contributed by atoms with Crippen LogP contribution >= 0.6 is 0 Å². The highest BCUT2D eigenvalue weighted by atomic mass is 19.4. The highest BCUT2D eigenvalue weighted by molar-refractivity contribution is 5.49. The first-order valence-corrected chi connectivity index (χ1v) is 9.59. The molecule has 1 fully saturated rings. The first-order valence-electron chi connectivity index (χ1n) is 9.59.